The molecule has 5 rings (SSSR count). The van der Waals surface area contributed by atoms with Crippen molar-refractivity contribution in [2.24, 2.45) is 5.41 Å². The molecule has 1 saturated heterocycles. The third kappa shape index (κ3) is 4.52. The van der Waals surface area contributed by atoms with Crippen LogP contribution in [0.3, 0.4) is 0 Å². The van der Waals surface area contributed by atoms with Gasteiger partial charge >= 0.3 is 0 Å². The van der Waals surface area contributed by atoms with Crippen LogP contribution in [0, 0.1) is 12.3 Å². The Morgan fingerprint density at radius 3 is 2.65 bits per heavy atom. The SMILES string of the molecule is Cc1ncc(NC(=O)CN2CC(C)(C)C2)cc1NC(=O)c1cnn2cc(-c3cncnc3)sc12.[HH].[HH]. The number of carbonyl (C=O) groups is 2. The van der Waals surface area contributed by atoms with Gasteiger partial charge in [0, 0.05) is 40.1 Å². The first kappa shape index (κ1) is 22.1. The van der Waals surface area contributed by atoms with E-state index in [1.165, 1.54) is 23.9 Å². The van der Waals surface area contributed by atoms with E-state index in [2.05, 4.69) is 49.4 Å². The lowest BCUT2D eigenvalue weighted by Crippen LogP contribution is -2.54. The molecule has 11 heteroatoms. The zero-order valence-electron chi connectivity index (χ0n) is 19.1. The fraction of sp³-hybridized carbons (Fsp3) is 0.304. The van der Waals surface area contributed by atoms with Gasteiger partial charge in [0.1, 0.15) is 11.2 Å². The minimum absolute atomic E-state index is 0. The zero-order chi connectivity index (χ0) is 23.9. The number of nitrogens with zero attached hydrogens (tertiary/aromatic N) is 6. The smallest absolute Gasteiger partial charge is 0.260 e. The molecule has 2 amide bonds. The van der Waals surface area contributed by atoms with Crippen LogP contribution in [0.2, 0.25) is 0 Å². The molecule has 0 radical (unpaired) electrons. The number of rotatable bonds is 6. The van der Waals surface area contributed by atoms with Crippen LogP contribution in [-0.2, 0) is 4.79 Å². The van der Waals surface area contributed by atoms with E-state index in [4.69, 9.17) is 0 Å². The van der Waals surface area contributed by atoms with Gasteiger partial charge in [-0.3, -0.25) is 19.5 Å². The fourth-order valence-electron chi connectivity index (χ4n) is 4.10. The molecule has 5 heterocycles. The maximum Gasteiger partial charge on any atom is 0.260 e. The first-order chi connectivity index (χ1) is 16.3. The van der Waals surface area contributed by atoms with Crippen molar-refractivity contribution in [3.8, 4) is 10.4 Å². The van der Waals surface area contributed by atoms with Crippen LogP contribution in [0.1, 0.15) is 32.8 Å². The van der Waals surface area contributed by atoms with Crippen LogP contribution in [0.5, 0.6) is 0 Å². The normalized spacial score (nSPS) is 15.1. The number of anilines is 2. The summed E-state index contributed by atoms with van der Waals surface area (Å²) in [6, 6.07) is 1.72. The number of hydrogen-bond acceptors (Lipinski definition) is 8. The number of aryl methyl sites for hydroxylation is 1. The van der Waals surface area contributed by atoms with Crippen molar-refractivity contribution in [2.45, 2.75) is 20.8 Å². The largest absolute Gasteiger partial charge is 0.324 e. The summed E-state index contributed by atoms with van der Waals surface area (Å²) < 4.78 is 1.67. The van der Waals surface area contributed by atoms with Crippen LogP contribution in [0.15, 0.2) is 43.4 Å². The van der Waals surface area contributed by atoms with Crippen LogP contribution >= 0.6 is 11.3 Å². The second-order valence-electron chi connectivity index (χ2n) is 9.20. The Kier molecular flexibility index (Phi) is 5.58. The minimum atomic E-state index is -0.302. The molecule has 178 valence electrons. The molecule has 0 aliphatic carbocycles. The molecule has 1 aliphatic heterocycles. The number of fused-ring (bicyclic) bond motifs is 1. The number of aromatic nitrogens is 5. The number of pyridine rings is 1. The Morgan fingerprint density at radius 1 is 1.15 bits per heavy atom. The van der Waals surface area contributed by atoms with E-state index in [0.29, 0.717) is 34.0 Å². The average molecular weight is 481 g/mol. The first-order valence-corrected chi connectivity index (χ1v) is 11.6. The minimum Gasteiger partial charge on any atom is -0.324 e. The molecule has 0 saturated carbocycles. The van der Waals surface area contributed by atoms with E-state index in [0.717, 1.165) is 23.5 Å². The van der Waals surface area contributed by atoms with Crippen molar-refractivity contribution in [1.82, 2.24) is 29.5 Å². The van der Waals surface area contributed by atoms with Gasteiger partial charge in [-0.15, -0.1) is 11.3 Å². The molecule has 34 heavy (non-hydrogen) atoms. The first-order valence-electron chi connectivity index (χ1n) is 10.8. The molecule has 0 spiro atoms. The van der Waals surface area contributed by atoms with Gasteiger partial charge in [-0.1, -0.05) is 13.8 Å². The van der Waals surface area contributed by atoms with E-state index >= 15 is 0 Å². The molecule has 2 N–H and O–H groups in total. The van der Waals surface area contributed by atoms with E-state index in [1.807, 2.05) is 6.20 Å². The van der Waals surface area contributed by atoms with Gasteiger partial charge in [-0.05, 0) is 18.4 Å². The van der Waals surface area contributed by atoms with E-state index in [1.54, 1.807) is 36.1 Å². The van der Waals surface area contributed by atoms with Crippen molar-refractivity contribution in [1.29, 1.82) is 0 Å². The third-order valence-corrected chi connectivity index (χ3v) is 6.74. The van der Waals surface area contributed by atoms with Gasteiger partial charge in [-0.2, -0.15) is 5.10 Å². The highest BCUT2D eigenvalue weighted by atomic mass is 32.1. The van der Waals surface area contributed by atoms with Crippen LogP contribution in [-0.4, -0.2) is 60.9 Å². The summed E-state index contributed by atoms with van der Waals surface area (Å²) in [6.45, 7) is 8.30. The highest BCUT2D eigenvalue weighted by Crippen LogP contribution is 2.30. The van der Waals surface area contributed by atoms with Gasteiger partial charge in [-0.25, -0.2) is 14.5 Å². The summed E-state index contributed by atoms with van der Waals surface area (Å²) in [4.78, 5) is 41.6. The van der Waals surface area contributed by atoms with Crippen molar-refractivity contribution in [2.75, 3.05) is 30.3 Å². The van der Waals surface area contributed by atoms with Crippen molar-refractivity contribution >= 4 is 39.4 Å². The molecule has 0 unspecified atom stereocenters. The second-order valence-corrected chi connectivity index (χ2v) is 10.2. The molecular formula is C23H28N8O2S. The fourth-order valence-corrected chi connectivity index (χ4v) is 5.13. The van der Waals surface area contributed by atoms with Gasteiger partial charge in [0.25, 0.3) is 5.91 Å². The maximum absolute atomic E-state index is 13.1. The van der Waals surface area contributed by atoms with Gasteiger partial charge in [0.15, 0.2) is 0 Å². The number of amides is 2. The van der Waals surface area contributed by atoms with Gasteiger partial charge in [0.05, 0.1) is 46.4 Å². The lowest BCUT2D eigenvalue weighted by molar-refractivity contribution is -0.120. The van der Waals surface area contributed by atoms with Crippen molar-refractivity contribution < 1.29 is 12.4 Å². The molecular weight excluding hydrogens is 452 g/mol. The Balaban J connectivity index is 0.00000180. The number of hydrogen-bond donors (Lipinski definition) is 2. The highest BCUT2D eigenvalue weighted by Gasteiger charge is 2.34. The monoisotopic (exact) mass is 480 g/mol. The molecule has 4 aromatic heterocycles. The quantitative estimate of drug-likeness (QED) is 0.433. The topological polar surface area (TPSA) is 117 Å². The summed E-state index contributed by atoms with van der Waals surface area (Å²) in [5.74, 6) is -0.406. The molecule has 0 bridgehead atoms. The molecule has 1 fully saturated rings. The summed E-state index contributed by atoms with van der Waals surface area (Å²) >= 11 is 1.43. The van der Waals surface area contributed by atoms with Gasteiger partial charge in [0.2, 0.25) is 5.91 Å². The molecule has 4 aromatic rings. The van der Waals surface area contributed by atoms with Gasteiger partial charge < -0.3 is 10.6 Å². The van der Waals surface area contributed by atoms with E-state index < -0.39 is 0 Å². The predicted octanol–water partition coefficient (Wildman–Crippen LogP) is 3.58. The predicted molar refractivity (Wildman–Crippen MR) is 134 cm³/mol. The van der Waals surface area contributed by atoms with Crippen LogP contribution in [0.4, 0.5) is 11.4 Å². The van der Waals surface area contributed by atoms with Crippen molar-refractivity contribution in [3.63, 3.8) is 0 Å². The summed E-state index contributed by atoms with van der Waals surface area (Å²) in [5.41, 5.74) is 3.28. The summed E-state index contributed by atoms with van der Waals surface area (Å²) in [7, 11) is 0. The summed E-state index contributed by atoms with van der Waals surface area (Å²) in [5, 5.41) is 10.1. The molecule has 1 aliphatic rings. The number of likely N-dealkylation sites (tertiary alicyclic amines) is 1. The van der Waals surface area contributed by atoms with E-state index in [9.17, 15) is 9.59 Å². The molecule has 0 atom stereocenters. The van der Waals surface area contributed by atoms with Crippen LogP contribution < -0.4 is 10.6 Å². The lowest BCUT2D eigenvalue weighted by Gasteiger charge is -2.45. The third-order valence-electron chi connectivity index (χ3n) is 5.57. The molecule has 0 aromatic carbocycles. The lowest BCUT2D eigenvalue weighted by atomic mass is 9.84. The Bertz CT molecular complexity index is 1380. The number of carbonyl (C=O) groups excluding carboxylic acids is 2. The Morgan fingerprint density at radius 2 is 1.91 bits per heavy atom. The van der Waals surface area contributed by atoms with E-state index in [-0.39, 0.29) is 20.1 Å². The highest BCUT2D eigenvalue weighted by molar-refractivity contribution is 7.21. The Hall–Kier alpha value is -3.70. The average Bonchev–Trinajstić information content (AvgIpc) is 3.36. The summed E-state index contributed by atoms with van der Waals surface area (Å²) in [6.07, 6.45) is 9.88. The molecule has 10 nitrogen and oxygen atoms in total. The standard InChI is InChI=1S/C23H24N8O2S.2H2/c1-14-18(4-16(7-26-14)28-20(32)10-30-11-23(2,3)12-30)29-21(33)17-8-27-31-9-19(34-22(17)31)15-5-24-13-25-6-15;;/h4-9,13H,10-12H2,1-3H3,(H,28,32)(H,29,33);2*1H. The Labute approximate surface area is 203 Å². The van der Waals surface area contributed by atoms with Crippen molar-refractivity contribution in [3.05, 3.63) is 54.6 Å². The van der Waals surface area contributed by atoms with Crippen LogP contribution in [0.25, 0.3) is 15.3 Å². The maximum atomic E-state index is 13.1. The zero-order valence-corrected chi connectivity index (χ0v) is 19.9. The number of thiazole rings is 1. The number of nitrogens with one attached hydrogen (secondary N) is 2. The second kappa shape index (κ2) is 8.58.